The van der Waals surface area contributed by atoms with Crippen molar-refractivity contribution in [3.8, 4) is 0 Å². The molecule has 17 heavy (non-hydrogen) atoms. The van der Waals surface area contributed by atoms with E-state index in [4.69, 9.17) is 0 Å². The summed E-state index contributed by atoms with van der Waals surface area (Å²) in [7, 11) is 0. The van der Waals surface area contributed by atoms with E-state index in [-0.39, 0.29) is 0 Å². The molecule has 0 spiro atoms. The summed E-state index contributed by atoms with van der Waals surface area (Å²) in [4.78, 5) is 0. The van der Waals surface area contributed by atoms with Crippen molar-refractivity contribution >= 4 is 0 Å². The zero-order valence-electron chi connectivity index (χ0n) is 12.2. The summed E-state index contributed by atoms with van der Waals surface area (Å²) >= 11 is 0. The molecule has 0 heterocycles. The van der Waals surface area contributed by atoms with Crippen molar-refractivity contribution in [2.75, 3.05) is 6.54 Å². The molecule has 1 atom stereocenters. The molecule has 0 aliphatic carbocycles. The Balaban J connectivity index is 2.55. The summed E-state index contributed by atoms with van der Waals surface area (Å²) in [5, 5.41) is 3.57. The van der Waals surface area contributed by atoms with Gasteiger partial charge in [0.15, 0.2) is 0 Å². The largest absolute Gasteiger partial charge is 0.312 e. The van der Waals surface area contributed by atoms with E-state index in [1.54, 1.807) is 0 Å². The maximum Gasteiger partial charge on any atom is 0.0208 e. The van der Waals surface area contributed by atoms with E-state index >= 15 is 0 Å². The van der Waals surface area contributed by atoms with Crippen LogP contribution in [0, 0.1) is 32.6 Å². The summed E-state index contributed by atoms with van der Waals surface area (Å²) in [6.07, 6.45) is 0. The molecule has 1 heteroatoms. The van der Waals surface area contributed by atoms with Gasteiger partial charge in [0, 0.05) is 6.54 Å². The second-order valence-corrected chi connectivity index (χ2v) is 5.72. The monoisotopic (exact) mass is 233 g/mol. The predicted molar refractivity (Wildman–Crippen MR) is 76.4 cm³/mol. The van der Waals surface area contributed by atoms with Gasteiger partial charge in [0.1, 0.15) is 0 Å². The van der Waals surface area contributed by atoms with Crippen LogP contribution in [0.4, 0.5) is 0 Å². The fraction of sp³-hybridized carbons (Fsp3) is 0.625. The third-order valence-corrected chi connectivity index (χ3v) is 3.87. The molecule has 0 aliphatic rings. The average Bonchev–Trinajstić information content (AvgIpc) is 2.25. The van der Waals surface area contributed by atoms with E-state index in [1.165, 1.54) is 22.3 Å². The molecule has 1 N–H and O–H groups in total. The quantitative estimate of drug-likeness (QED) is 0.810. The fourth-order valence-corrected chi connectivity index (χ4v) is 1.88. The summed E-state index contributed by atoms with van der Waals surface area (Å²) in [5.74, 6) is 1.49. The first-order valence-electron chi connectivity index (χ1n) is 6.69. The van der Waals surface area contributed by atoms with Gasteiger partial charge in [0.25, 0.3) is 0 Å². The number of hydrogen-bond acceptors (Lipinski definition) is 1. The van der Waals surface area contributed by atoms with E-state index < -0.39 is 0 Å². The average molecular weight is 233 g/mol. The topological polar surface area (TPSA) is 12.0 Å². The smallest absolute Gasteiger partial charge is 0.0208 e. The molecule has 0 radical (unpaired) electrons. The molecule has 0 saturated carbocycles. The van der Waals surface area contributed by atoms with E-state index in [2.05, 4.69) is 59.0 Å². The number of benzene rings is 1. The molecule has 0 aliphatic heterocycles. The van der Waals surface area contributed by atoms with Gasteiger partial charge in [-0.1, -0.05) is 32.9 Å². The third-order valence-electron chi connectivity index (χ3n) is 3.87. The first kappa shape index (κ1) is 14.2. The molecule has 0 bridgehead atoms. The van der Waals surface area contributed by atoms with Crippen LogP contribution < -0.4 is 5.32 Å². The van der Waals surface area contributed by atoms with E-state index in [0.29, 0.717) is 0 Å². The molecule has 0 saturated heterocycles. The van der Waals surface area contributed by atoms with Crippen LogP contribution in [0.1, 0.15) is 43.0 Å². The van der Waals surface area contributed by atoms with Crippen molar-refractivity contribution in [3.05, 3.63) is 34.4 Å². The van der Waals surface area contributed by atoms with Crippen LogP contribution in [0.2, 0.25) is 0 Å². The standard InChI is InChI=1S/C16H27N/c1-11(2)15(6)9-17-10-16-8-13(4)12(3)7-14(16)5/h7-8,11,15,17H,9-10H2,1-6H3. The Hall–Kier alpha value is -0.820. The lowest BCUT2D eigenvalue weighted by Crippen LogP contribution is -2.24. The van der Waals surface area contributed by atoms with Gasteiger partial charge in [-0.05, 0) is 61.4 Å². The normalized spacial score (nSPS) is 13.1. The maximum atomic E-state index is 3.57. The van der Waals surface area contributed by atoms with Crippen LogP contribution in [0.15, 0.2) is 12.1 Å². The zero-order chi connectivity index (χ0) is 13.0. The van der Waals surface area contributed by atoms with Crippen molar-refractivity contribution in [1.82, 2.24) is 5.32 Å². The maximum absolute atomic E-state index is 3.57. The number of aryl methyl sites for hydroxylation is 3. The molecule has 0 fully saturated rings. The Kier molecular flexibility index (Phi) is 5.20. The lowest BCUT2D eigenvalue weighted by Gasteiger charge is -2.17. The van der Waals surface area contributed by atoms with Gasteiger partial charge < -0.3 is 5.32 Å². The first-order valence-corrected chi connectivity index (χ1v) is 6.69. The van der Waals surface area contributed by atoms with Crippen LogP contribution in [0.25, 0.3) is 0 Å². The number of rotatable bonds is 5. The van der Waals surface area contributed by atoms with Crippen molar-refractivity contribution < 1.29 is 0 Å². The van der Waals surface area contributed by atoms with Gasteiger partial charge >= 0.3 is 0 Å². The summed E-state index contributed by atoms with van der Waals surface area (Å²) < 4.78 is 0. The fourth-order valence-electron chi connectivity index (χ4n) is 1.88. The van der Waals surface area contributed by atoms with Crippen LogP contribution >= 0.6 is 0 Å². The molecular weight excluding hydrogens is 206 g/mol. The van der Waals surface area contributed by atoms with Crippen molar-refractivity contribution in [3.63, 3.8) is 0 Å². The van der Waals surface area contributed by atoms with Crippen LogP contribution in [-0.2, 0) is 6.54 Å². The van der Waals surface area contributed by atoms with Crippen molar-refractivity contribution in [1.29, 1.82) is 0 Å². The van der Waals surface area contributed by atoms with Gasteiger partial charge in [-0.2, -0.15) is 0 Å². The summed E-state index contributed by atoms with van der Waals surface area (Å²) in [5.41, 5.74) is 5.62. The van der Waals surface area contributed by atoms with Gasteiger partial charge in [-0.15, -0.1) is 0 Å². The lowest BCUT2D eigenvalue weighted by atomic mass is 9.97. The summed E-state index contributed by atoms with van der Waals surface area (Å²) in [6.45, 7) is 15.5. The lowest BCUT2D eigenvalue weighted by molar-refractivity contribution is 0.392. The number of nitrogens with one attached hydrogen (secondary N) is 1. The van der Waals surface area contributed by atoms with E-state index in [1.807, 2.05) is 0 Å². The van der Waals surface area contributed by atoms with Gasteiger partial charge in [0.05, 0.1) is 0 Å². The van der Waals surface area contributed by atoms with Gasteiger partial charge in [0.2, 0.25) is 0 Å². The zero-order valence-corrected chi connectivity index (χ0v) is 12.2. The molecule has 1 nitrogen and oxygen atoms in total. The second kappa shape index (κ2) is 6.20. The SMILES string of the molecule is Cc1cc(C)c(CNCC(C)C(C)C)cc1C. The minimum atomic E-state index is 0.738. The van der Waals surface area contributed by atoms with Crippen molar-refractivity contribution in [2.24, 2.45) is 11.8 Å². The molecular formula is C16H27N. The van der Waals surface area contributed by atoms with E-state index in [0.717, 1.165) is 24.9 Å². The minimum Gasteiger partial charge on any atom is -0.312 e. The molecule has 96 valence electrons. The number of hydrogen-bond donors (Lipinski definition) is 1. The molecule has 1 aromatic rings. The van der Waals surface area contributed by atoms with Crippen molar-refractivity contribution in [2.45, 2.75) is 48.1 Å². The Morgan fingerprint density at radius 1 is 0.941 bits per heavy atom. The Morgan fingerprint density at radius 3 is 2.12 bits per heavy atom. The first-order chi connectivity index (χ1) is 7.91. The van der Waals surface area contributed by atoms with Crippen LogP contribution in [0.3, 0.4) is 0 Å². The molecule has 1 aromatic carbocycles. The van der Waals surface area contributed by atoms with Gasteiger partial charge in [-0.25, -0.2) is 0 Å². The van der Waals surface area contributed by atoms with Gasteiger partial charge in [-0.3, -0.25) is 0 Å². The molecule has 0 amide bonds. The van der Waals surface area contributed by atoms with E-state index in [9.17, 15) is 0 Å². The van der Waals surface area contributed by atoms with Crippen LogP contribution in [-0.4, -0.2) is 6.54 Å². The Labute approximate surface area is 107 Å². The molecule has 1 unspecified atom stereocenters. The Morgan fingerprint density at radius 2 is 1.53 bits per heavy atom. The highest BCUT2D eigenvalue weighted by Crippen LogP contribution is 2.15. The summed E-state index contributed by atoms with van der Waals surface area (Å²) in [6, 6.07) is 4.61. The van der Waals surface area contributed by atoms with Crippen LogP contribution in [0.5, 0.6) is 0 Å². The molecule has 0 aromatic heterocycles. The minimum absolute atomic E-state index is 0.738. The second-order valence-electron chi connectivity index (χ2n) is 5.72. The highest BCUT2D eigenvalue weighted by molar-refractivity contribution is 5.36. The molecule has 1 rings (SSSR count). The third kappa shape index (κ3) is 4.16. The highest BCUT2D eigenvalue weighted by Gasteiger charge is 2.07. The predicted octanol–water partition coefficient (Wildman–Crippen LogP) is 3.99. The highest BCUT2D eigenvalue weighted by atomic mass is 14.9. The Bertz CT molecular complexity index is 366.